The number of rotatable bonds is 6. The van der Waals surface area contributed by atoms with Crippen LogP contribution in [0.15, 0.2) is 53.5 Å². The van der Waals surface area contributed by atoms with E-state index < -0.39 is 17.9 Å². The van der Waals surface area contributed by atoms with Gasteiger partial charge in [-0.3, -0.25) is 19.1 Å². The highest BCUT2D eigenvalue weighted by atomic mass is 32.1. The molecule has 194 valence electrons. The lowest BCUT2D eigenvalue weighted by Crippen LogP contribution is -2.21. The van der Waals surface area contributed by atoms with Crippen molar-refractivity contribution in [2.45, 2.75) is 40.2 Å². The molecule has 4 aromatic rings. The van der Waals surface area contributed by atoms with Gasteiger partial charge in [-0.1, -0.05) is 24.3 Å². The number of aliphatic imine (C=N–C) groups is 1. The van der Waals surface area contributed by atoms with Crippen LogP contribution in [0.4, 0.5) is 10.1 Å². The van der Waals surface area contributed by atoms with Crippen molar-refractivity contribution >= 4 is 34.6 Å². The molecule has 1 aliphatic rings. The lowest BCUT2D eigenvalue weighted by atomic mass is 9.98. The van der Waals surface area contributed by atoms with Gasteiger partial charge in [-0.25, -0.2) is 4.39 Å². The predicted molar refractivity (Wildman–Crippen MR) is 144 cm³/mol. The van der Waals surface area contributed by atoms with Gasteiger partial charge in [0.25, 0.3) is 0 Å². The molecule has 0 radical (unpaired) electrons. The van der Waals surface area contributed by atoms with Crippen molar-refractivity contribution in [1.82, 2.24) is 14.8 Å². The Morgan fingerprint density at radius 3 is 2.42 bits per heavy atom. The first-order valence-corrected chi connectivity index (χ1v) is 12.9. The van der Waals surface area contributed by atoms with Crippen molar-refractivity contribution in [3.63, 3.8) is 0 Å². The van der Waals surface area contributed by atoms with Crippen molar-refractivity contribution < 1.29 is 19.1 Å². The standard InChI is InChI=1S/C28H26FN5O3S/c1-14-16(3)38-27-23(14)25(31-24(15(2)28(36)37)26-33-32-17(4)34(26)27)19-7-11-21(12-8-19)30-22(35)13-18-5-9-20(29)10-6-18/h5-12,15,24H,13H2,1-4H3,(H,30,35)(H,36,37)/t15?,24-/m0/s1. The number of aryl methyl sites for hydroxylation is 2. The quantitative estimate of drug-likeness (QED) is 0.356. The van der Waals surface area contributed by atoms with Crippen molar-refractivity contribution in [3.8, 4) is 5.00 Å². The largest absolute Gasteiger partial charge is 0.481 e. The summed E-state index contributed by atoms with van der Waals surface area (Å²) >= 11 is 1.60. The fourth-order valence-corrected chi connectivity index (χ4v) is 5.74. The number of nitrogens with zero attached hydrogens (tertiary/aromatic N) is 4. The summed E-state index contributed by atoms with van der Waals surface area (Å²) < 4.78 is 15.1. The fourth-order valence-electron chi connectivity index (χ4n) is 4.52. The maximum absolute atomic E-state index is 13.1. The number of carbonyl (C=O) groups is 2. The van der Waals surface area contributed by atoms with Gasteiger partial charge in [-0.05, 0) is 63.1 Å². The van der Waals surface area contributed by atoms with Crippen LogP contribution in [-0.4, -0.2) is 37.5 Å². The first-order chi connectivity index (χ1) is 18.1. The molecule has 1 aliphatic heterocycles. The number of carboxylic acids is 1. The van der Waals surface area contributed by atoms with E-state index in [1.165, 1.54) is 12.1 Å². The van der Waals surface area contributed by atoms with Crippen molar-refractivity contribution in [3.05, 3.63) is 93.1 Å². The van der Waals surface area contributed by atoms with Gasteiger partial charge in [0.15, 0.2) is 5.82 Å². The smallest absolute Gasteiger partial charge is 0.308 e. The molecule has 2 N–H and O–H groups in total. The average Bonchev–Trinajstić information content (AvgIpc) is 3.35. The zero-order chi connectivity index (χ0) is 27.1. The van der Waals surface area contributed by atoms with Gasteiger partial charge in [-0.2, -0.15) is 0 Å². The number of hydrogen-bond donors (Lipinski definition) is 2. The Bertz CT molecular complexity index is 1570. The molecular weight excluding hydrogens is 505 g/mol. The van der Waals surface area contributed by atoms with Gasteiger partial charge in [0, 0.05) is 21.7 Å². The number of carboxylic acid groups (broad SMARTS) is 1. The van der Waals surface area contributed by atoms with E-state index >= 15 is 0 Å². The van der Waals surface area contributed by atoms with Crippen LogP contribution in [-0.2, 0) is 16.0 Å². The molecule has 3 heterocycles. The number of halogens is 1. The average molecular weight is 532 g/mol. The Morgan fingerprint density at radius 1 is 1.08 bits per heavy atom. The molecular formula is C28H26FN5O3S. The first kappa shape index (κ1) is 25.5. The fraction of sp³-hybridized carbons (Fsp3) is 0.250. The molecule has 8 nitrogen and oxygen atoms in total. The first-order valence-electron chi connectivity index (χ1n) is 12.1. The number of thiophene rings is 1. The van der Waals surface area contributed by atoms with E-state index in [1.807, 2.05) is 37.5 Å². The molecule has 1 amide bonds. The van der Waals surface area contributed by atoms with E-state index in [2.05, 4.69) is 15.5 Å². The monoisotopic (exact) mass is 531 g/mol. The third-order valence-corrected chi connectivity index (χ3v) is 7.96. The topological polar surface area (TPSA) is 109 Å². The van der Waals surface area contributed by atoms with E-state index in [9.17, 15) is 19.1 Å². The van der Waals surface area contributed by atoms with Crippen LogP contribution in [0.1, 0.15) is 51.7 Å². The summed E-state index contributed by atoms with van der Waals surface area (Å²) in [5.74, 6) is -1.19. The lowest BCUT2D eigenvalue weighted by molar-refractivity contribution is -0.141. The van der Waals surface area contributed by atoms with Crippen LogP contribution < -0.4 is 5.32 Å². The number of nitrogens with one attached hydrogen (secondary N) is 1. The highest BCUT2D eigenvalue weighted by molar-refractivity contribution is 7.15. The molecule has 0 saturated heterocycles. The van der Waals surface area contributed by atoms with Crippen LogP contribution in [0.5, 0.6) is 0 Å². The SMILES string of the molecule is Cc1sc2c(c1C)C(c1ccc(NC(=O)Cc3ccc(F)cc3)cc1)=N[C@@H](C(C)C(=O)O)c1nnc(C)n1-2. The highest BCUT2D eigenvalue weighted by Crippen LogP contribution is 2.40. The Balaban J connectivity index is 1.51. The predicted octanol–water partition coefficient (Wildman–Crippen LogP) is 5.19. The molecule has 10 heteroatoms. The van der Waals surface area contributed by atoms with Gasteiger partial charge in [-0.15, -0.1) is 21.5 Å². The molecule has 2 aromatic heterocycles. The normalized spacial score (nSPS) is 15.2. The summed E-state index contributed by atoms with van der Waals surface area (Å²) in [6, 6.07) is 12.4. The summed E-state index contributed by atoms with van der Waals surface area (Å²) in [6.45, 7) is 7.55. The third kappa shape index (κ3) is 4.63. The van der Waals surface area contributed by atoms with Gasteiger partial charge >= 0.3 is 5.97 Å². The molecule has 0 spiro atoms. The molecule has 0 fully saturated rings. The Kier molecular flexibility index (Phi) is 6.66. The molecule has 5 rings (SSSR count). The minimum absolute atomic E-state index is 0.124. The third-order valence-electron chi connectivity index (χ3n) is 6.77. The number of benzene rings is 2. The van der Waals surface area contributed by atoms with Crippen LogP contribution in [0, 0.1) is 32.5 Å². The highest BCUT2D eigenvalue weighted by Gasteiger charge is 2.36. The number of carbonyl (C=O) groups excluding carboxylic acids is 1. The molecule has 2 atom stereocenters. The molecule has 38 heavy (non-hydrogen) atoms. The van der Waals surface area contributed by atoms with Crippen LogP contribution in [0.2, 0.25) is 0 Å². The zero-order valence-corrected chi connectivity index (χ0v) is 22.1. The molecule has 0 bridgehead atoms. The Morgan fingerprint density at radius 2 is 1.76 bits per heavy atom. The number of fused-ring (bicyclic) bond motifs is 3. The van der Waals surface area contributed by atoms with E-state index in [0.717, 1.165) is 26.6 Å². The number of anilines is 1. The molecule has 1 unspecified atom stereocenters. The van der Waals surface area contributed by atoms with E-state index in [-0.39, 0.29) is 18.1 Å². The van der Waals surface area contributed by atoms with Crippen molar-refractivity contribution in [2.24, 2.45) is 10.9 Å². The second kappa shape index (κ2) is 9.94. The van der Waals surface area contributed by atoms with Gasteiger partial charge in [0.1, 0.15) is 22.7 Å². The van der Waals surface area contributed by atoms with E-state index in [4.69, 9.17) is 4.99 Å². The summed E-state index contributed by atoms with van der Waals surface area (Å²) in [5.41, 5.74) is 4.77. The number of hydrogen-bond acceptors (Lipinski definition) is 6. The summed E-state index contributed by atoms with van der Waals surface area (Å²) in [6.07, 6.45) is 0.124. The maximum atomic E-state index is 13.1. The number of aliphatic carboxylic acids is 1. The van der Waals surface area contributed by atoms with Crippen molar-refractivity contribution in [1.29, 1.82) is 0 Å². The Hall–Kier alpha value is -4.18. The minimum Gasteiger partial charge on any atom is -0.481 e. The molecule has 0 saturated carbocycles. The maximum Gasteiger partial charge on any atom is 0.308 e. The Labute approximate surface area is 222 Å². The van der Waals surface area contributed by atoms with Gasteiger partial charge in [0.05, 0.1) is 18.1 Å². The van der Waals surface area contributed by atoms with Gasteiger partial charge < -0.3 is 10.4 Å². The second-order valence-electron chi connectivity index (χ2n) is 9.38. The van der Waals surface area contributed by atoms with Crippen molar-refractivity contribution in [2.75, 3.05) is 5.32 Å². The van der Waals surface area contributed by atoms with Crippen LogP contribution >= 0.6 is 11.3 Å². The summed E-state index contributed by atoms with van der Waals surface area (Å²) in [7, 11) is 0. The van der Waals surface area contributed by atoms with Crippen LogP contribution in [0.3, 0.4) is 0 Å². The number of aromatic nitrogens is 3. The number of amides is 1. The summed E-state index contributed by atoms with van der Waals surface area (Å²) in [5, 5.41) is 22.2. The lowest BCUT2D eigenvalue weighted by Gasteiger charge is -2.16. The van der Waals surface area contributed by atoms with Gasteiger partial charge in [0.2, 0.25) is 5.91 Å². The second-order valence-corrected chi connectivity index (χ2v) is 10.6. The van der Waals surface area contributed by atoms with E-state index in [1.54, 1.807) is 42.5 Å². The minimum atomic E-state index is -0.970. The summed E-state index contributed by atoms with van der Waals surface area (Å²) in [4.78, 5) is 30.6. The zero-order valence-electron chi connectivity index (χ0n) is 21.3. The molecule has 0 aliphatic carbocycles. The molecule has 2 aromatic carbocycles. The van der Waals surface area contributed by atoms with E-state index in [0.29, 0.717) is 28.6 Å². The van der Waals surface area contributed by atoms with Crippen LogP contribution in [0.25, 0.3) is 5.00 Å².